The number of H-pyrrole nitrogens is 1. The summed E-state index contributed by atoms with van der Waals surface area (Å²) in [7, 11) is 0. The minimum Gasteiger partial charge on any atom is -0.476 e. The van der Waals surface area contributed by atoms with Crippen LogP contribution in [-0.4, -0.2) is 31.7 Å². The second-order valence-electron chi connectivity index (χ2n) is 4.87. The number of hydrogen-bond donors (Lipinski definition) is 3. The van der Waals surface area contributed by atoms with Crippen LogP contribution in [-0.2, 0) is 4.79 Å². The van der Waals surface area contributed by atoms with Crippen molar-refractivity contribution in [2.75, 3.05) is 5.32 Å². The van der Waals surface area contributed by atoms with Crippen LogP contribution in [0.3, 0.4) is 0 Å². The van der Waals surface area contributed by atoms with Gasteiger partial charge in [-0.05, 0) is 0 Å². The SMILES string of the molecule is CC(=O)Nc1c(-c2ccccc2)[nH]n(-c2nc(C(=O)O)cs2)c1=O. The molecule has 0 aliphatic carbocycles. The summed E-state index contributed by atoms with van der Waals surface area (Å²) in [5.41, 5.74) is 0.532. The lowest BCUT2D eigenvalue weighted by molar-refractivity contribution is -0.114. The Morgan fingerprint density at radius 3 is 2.58 bits per heavy atom. The van der Waals surface area contributed by atoms with Gasteiger partial charge in [-0.1, -0.05) is 30.3 Å². The van der Waals surface area contributed by atoms with Crippen molar-refractivity contribution < 1.29 is 14.7 Å². The Bertz CT molecular complexity index is 971. The van der Waals surface area contributed by atoms with Crippen LogP contribution in [0.2, 0.25) is 0 Å². The van der Waals surface area contributed by atoms with Gasteiger partial charge in [-0.25, -0.2) is 9.78 Å². The molecule has 0 bridgehead atoms. The smallest absolute Gasteiger partial charge is 0.355 e. The first kappa shape index (κ1) is 15.7. The van der Waals surface area contributed by atoms with Crippen LogP contribution < -0.4 is 10.9 Å². The monoisotopic (exact) mass is 344 g/mol. The number of hydrogen-bond acceptors (Lipinski definition) is 5. The predicted octanol–water partition coefficient (Wildman–Crippen LogP) is 1.95. The number of amides is 1. The molecule has 2 aromatic heterocycles. The normalized spacial score (nSPS) is 10.5. The van der Waals surface area contributed by atoms with E-state index in [1.165, 1.54) is 12.3 Å². The highest BCUT2D eigenvalue weighted by Crippen LogP contribution is 2.25. The number of carbonyl (C=O) groups excluding carboxylic acids is 1. The maximum atomic E-state index is 12.6. The average Bonchev–Trinajstić information content (AvgIpc) is 3.14. The highest BCUT2D eigenvalue weighted by molar-refractivity contribution is 7.12. The average molecular weight is 344 g/mol. The second-order valence-corrected chi connectivity index (χ2v) is 5.71. The van der Waals surface area contributed by atoms with Gasteiger partial charge in [0.1, 0.15) is 5.69 Å². The fourth-order valence-electron chi connectivity index (χ4n) is 2.14. The minimum absolute atomic E-state index is 0.0841. The number of thiazole rings is 1. The number of anilines is 1. The van der Waals surface area contributed by atoms with Crippen molar-refractivity contribution in [1.29, 1.82) is 0 Å². The van der Waals surface area contributed by atoms with E-state index >= 15 is 0 Å². The summed E-state index contributed by atoms with van der Waals surface area (Å²) in [5.74, 6) is -1.57. The van der Waals surface area contributed by atoms with Gasteiger partial charge in [0.2, 0.25) is 11.0 Å². The number of aromatic nitrogens is 3. The zero-order valence-corrected chi connectivity index (χ0v) is 13.3. The van der Waals surface area contributed by atoms with E-state index in [2.05, 4.69) is 15.4 Å². The number of aromatic carboxylic acids is 1. The molecule has 0 fully saturated rings. The van der Waals surface area contributed by atoms with E-state index in [9.17, 15) is 14.4 Å². The minimum atomic E-state index is -1.18. The molecule has 0 aliphatic rings. The first-order valence-corrected chi connectivity index (χ1v) is 7.72. The third-order valence-corrected chi connectivity index (χ3v) is 3.98. The zero-order chi connectivity index (χ0) is 17.3. The highest BCUT2D eigenvalue weighted by Gasteiger charge is 2.20. The Morgan fingerprint density at radius 2 is 2.00 bits per heavy atom. The number of aromatic amines is 1. The van der Waals surface area contributed by atoms with E-state index < -0.39 is 11.5 Å². The summed E-state index contributed by atoms with van der Waals surface area (Å²) in [6, 6.07) is 9.00. The molecule has 0 atom stereocenters. The fourth-order valence-corrected chi connectivity index (χ4v) is 2.90. The number of carboxylic acids is 1. The van der Waals surface area contributed by atoms with Crippen LogP contribution in [0, 0.1) is 0 Å². The third kappa shape index (κ3) is 2.84. The van der Waals surface area contributed by atoms with Gasteiger partial charge in [0, 0.05) is 17.9 Å². The summed E-state index contributed by atoms with van der Waals surface area (Å²) < 4.78 is 1.12. The van der Waals surface area contributed by atoms with Gasteiger partial charge >= 0.3 is 5.97 Å². The molecule has 3 rings (SSSR count). The van der Waals surface area contributed by atoms with Crippen LogP contribution in [0.15, 0.2) is 40.5 Å². The third-order valence-electron chi connectivity index (χ3n) is 3.16. The van der Waals surface area contributed by atoms with Crippen LogP contribution >= 0.6 is 11.3 Å². The first-order valence-electron chi connectivity index (χ1n) is 6.84. The molecular formula is C15H12N4O4S. The summed E-state index contributed by atoms with van der Waals surface area (Å²) in [5, 5.41) is 15.9. The number of benzene rings is 1. The second kappa shape index (κ2) is 6.13. The van der Waals surface area contributed by atoms with Crippen LogP contribution in [0.1, 0.15) is 17.4 Å². The fraction of sp³-hybridized carbons (Fsp3) is 0.0667. The Labute approximate surface area is 139 Å². The molecule has 0 saturated carbocycles. The first-order chi connectivity index (χ1) is 11.5. The number of carbonyl (C=O) groups is 2. The molecule has 0 radical (unpaired) electrons. The molecule has 0 spiro atoms. The highest BCUT2D eigenvalue weighted by atomic mass is 32.1. The van der Waals surface area contributed by atoms with Gasteiger partial charge in [0.25, 0.3) is 5.56 Å². The lowest BCUT2D eigenvalue weighted by Crippen LogP contribution is -2.19. The maximum absolute atomic E-state index is 12.6. The topological polar surface area (TPSA) is 117 Å². The Balaban J connectivity index is 2.17. The standard InChI is InChI=1S/C15H12N4O4S/c1-8(20)16-12-11(9-5-3-2-4-6-9)18-19(13(12)21)15-17-10(7-24-15)14(22)23/h2-7,18H,1H3,(H,16,20)(H,22,23). The molecule has 9 heteroatoms. The van der Waals surface area contributed by atoms with Gasteiger partial charge in [0.05, 0.1) is 5.69 Å². The van der Waals surface area contributed by atoms with Crippen molar-refractivity contribution in [3.05, 3.63) is 51.8 Å². The van der Waals surface area contributed by atoms with Gasteiger partial charge in [-0.15, -0.1) is 11.3 Å². The molecule has 8 nitrogen and oxygen atoms in total. The lowest BCUT2D eigenvalue weighted by Gasteiger charge is -2.02. The number of carboxylic acid groups (broad SMARTS) is 1. The molecule has 1 aromatic carbocycles. The van der Waals surface area contributed by atoms with E-state index in [4.69, 9.17) is 5.11 Å². The molecule has 0 aliphatic heterocycles. The quantitative estimate of drug-likeness (QED) is 0.669. The summed E-state index contributed by atoms with van der Waals surface area (Å²) in [4.78, 5) is 38.9. The Kier molecular flexibility index (Phi) is 4.00. The number of nitrogens with one attached hydrogen (secondary N) is 2. The van der Waals surface area contributed by atoms with Gasteiger partial charge < -0.3 is 10.4 Å². The zero-order valence-electron chi connectivity index (χ0n) is 12.4. The molecule has 122 valence electrons. The van der Waals surface area contributed by atoms with Gasteiger partial charge in [-0.2, -0.15) is 4.68 Å². The van der Waals surface area contributed by atoms with Crippen molar-refractivity contribution in [3.8, 4) is 16.4 Å². The molecule has 2 heterocycles. The van der Waals surface area contributed by atoms with E-state index in [0.717, 1.165) is 16.0 Å². The molecule has 0 saturated heterocycles. The Hall–Kier alpha value is -3.20. The molecule has 3 aromatic rings. The lowest BCUT2D eigenvalue weighted by atomic mass is 10.1. The maximum Gasteiger partial charge on any atom is 0.355 e. The molecule has 1 amide bonds. The number of rotatable bonds is 4. The van der Waals surface area contributed by atoms with Crippen molar-refractivity contribution in [2.24, 2.45) is 0 Å². The predicted molar refractivity (Wildman–Crippen MR) is 88.8 cm³/mol. The van der Waals surface area contributed by atoms with E-state index in [-0.39, 0.29) is 22.4 Å². The molecule has 24 heavy (non-hydrogen) atoms. The van der Waals surface area contributed by atoms with E-state index in [1.807, 2.05) is 6.07 Å². The summed E-state index contributed by atoms with van der Waals surface area (Å²) >= 11 is 1.01. The molecule has 0 unspecified atom stereocenters. The van der Waals surface area contributed by atoms with Gasteiger partial charge in [-0.3, -0.25) is 14.7 Å². The van der Waals surface area contributed by atoms with Crippen LogP contribution in [0.5, 0.6) is 0 Å². The van der Waals surface area contributed by atoms with E-state index in [0.29, 0.717) is 11.3 Å². The summed E-state index contributed by atoms with van der Waals surface area (Å²) in [6.07, 6.45) is 0. The largest absolute Gasteiger partial charge is 0.476 e. The molecular weight excluding hydrogens is 332 g/mol. The Morgan fingerprint density at radius 1 is 1.29 bits per heavy atom. The molecule has 3 N–H and O–H groups in total. The van der Waals surface area contributed by atoms with Crippen molar-refractivity contribution in [2.45, 2.75) is 6.92 Å². The van der Waals surface area contributed by atoms with Gasteiger partial charge in [0.15, 0.2) is 5.69 Å². The van der Waals surface area contributed by atoms with Crippen molar-refractivity contribution in [1.82, 2.24) is 14.8 Å². The van der Waals surface area contributed by atoms with E-state index in [1.54, 1.807) is 24.3 Å². The number of nitrogens with zero attached hydrogens (tertiary/aromatic N) is 2. The van der Waals surface area contributed by atoms with Crippen molar-refractivity contribution in [3.63, 3.8) is 0 Å². The van der Waals surface area contributed by atoms with Crippen LogP contribution in [0.4, 0.5) is 5.69 Å². The summed E-state index contributed by atoms with van der Waals surface area (Å²) in [6.45, 7) is 1.30. The van der Waals surface area contributed by atoms with Crippen molar-refractivity contribution >= 4 is 28.9 Å². The van der Waals surface area contributed by atoms with Crippen LogP contribution in [0.25, 0.3) is 16.4 Å².